The average Bonchev–Trinajstić information content (AvgIpc) is 2.47. The Balaban J connectivity index is 1.83. The van der Waals surface area contributed by atoms with E-state index in [0.29, 0.717) is 12.0 Å². The third-order valence-electron chi connectivity index (χ3n) is 2.73. The minimum Gasteiger partial charge on any atom is -0.345 e. The first-order valence-corrected chi connectivity index (χ1v) is 6.14. The molecule has 1 amide bonds. The number of carbonyl (C=O) groups is 2. The summed E-state index contributed by atoms with van der Waals surface area (Å²) in [5, 5.41) is 2.63. The first-order chi connectivity index (χ1) is 9.25. The maximum absolute atomic E-state index is 11.7. The van der Waals surface area contributed by atoms with Gasteiger partial charge in [-0.15, -0.1) is 0 Å². The third kappa shape index (κ3) is 4.07. The molecule has 1 N–H and O–H groups in total. The van der Waals surface area contributed by atoms with E-state index in [9.17, 15) is 9.59 Å². The molecule has 0 saturated carbocycles. The first-order valence-electron chi connectivity index (χ1n) is 6.14. The van der Waals surface area contributed by atoms with Crippen molar-refractivity contribution in [2.75, 3.05) is 6.54 Å². The van der Waals surface area contributed by atoms with E-state index in [4.69, 9.17) is 0 Å². The highest BCUT2D eigenvalue weighted by molar-refractivity contribution is 5.96. The van der Waals surface area contributed by atoms with Crippen molar-refractivity contribution in [3.63, 3.8) is 0 Å². The molecule has 0 aromatic heterocycles. The smallest absolute Gasteiger partial charge is 0.251 e. The summed E-state index contributed by atoms with van der Waals surface area (Å²) in [6.07, 6.45) is 0.343. The minimum absolute atomic E-state index is 0.00418. The van der Waals surface area contributed by atoms with Crippen molar-refractivity contribution in [3.8, 4) is 0 Å². The molecule has 0 aliphatic carbocycles. The summed E-state index contributed by atoms with van der Waals surface area (Å²) in [7, 11) is 0. The molecule has 0 radical (unpaired) electrons. The molecule has 3 heteroatoms. The van der Waals surface area contributed by atoms with Crippen LogP contribution in [0, 0.1) is 0 Å². The van der Waals surface area contributed by atoms with E-state index in [1.165, 1.54) is 0 Å². The highest BCUT2D eigenvalue weighted by Crippen LogP contribution is 2.00. The SMILES string of the molecule is O=C(CNC(=O)c1ccccc1)Cc1ccccc1. The first kappa shape index (κ1) is 13.0. The van der Waals surface area contributed by atoms with Crippen LogP contribution in [0.4, 0.5) is 0 Å². The number of hydrogen-bond acceptors (Lipinski definition) is 2. The quantitative estimate of drug-likeness (QED) is 0.888. The highest BCUT2D eigenvalue weighted by atomic mass is 16.2. The van der Waals surface area contributed by atoms with Gasteiger partial charge in [-0.1, -0.05) is 48.5 Å². The molecule has 2 aromatic carbocycles. The van der Waals surface area contributed by atoms with Gasteiger partial charge in [0.2, 0.25) is 0 Å². The Kier molecular flexibility index (Phi) is 4.45. The number of rotatable bonds is 5. The molecule has 0 bridgehead atoms. The van der Waals surface area contributed by atoms with Gasteiger partial charge >= 0.3 is 0 Å². The molecule has 0 fully saturated rings. The molecule has 19 heavy (non-hydrogen) atoms. The van der Waals surface area contributed by atoms with Gasteiger partial charge in [-0.2, -0.15) is 0 Å². The fourth-order valence-electron chi connectivity index (χ4n) is 1.76. The van der Waals surface area contributed by atoms with Crippen molar-refractivity contribution in [2.24, 2.45) is 0 Å². The summed E-state index contributed by atoms with van der Waals surface area (Å²) in [6.45, 7) is 0.0582. The number of hydrogen-bond donors (Lipinski definition) is 1. The van der Waals surface area contributed by atoms with Gasteiger partial charge in [-0.25, -0.2) is 0 Å². The van der Waals surface area contributed by atoms with Crippen molar-refractivity contribution in [1.82, 2.24) is 5.32 Å². The fraction of sp³-hybridized carbons (Fsp3) is 0.125. The Morgan fingerprint density at radius 2 is 1.42 bits per heavy atom. The van der Waals surface area contributed by atoms with Gasteiger partial charge < -0.3 is 5.32 Å². The second-order valence-electron chi connectivity index (χ2n) is 4.25. The van der Waals surface area contributed by atoms with Crippen LogP contribution in [-0.2, 0) is 11.2 Å². The molecule has 96 valence electrons. The molecule has 2 aromatic rings. The lowest BCUT2D eigenvalue weighted by Gasteiger charge is -2.04. The molecule has 0 spiro atoms. The predicted octanol–water partition coefficient (Wildman–Crippen LogP) is 2.23. The van der Waals surface area contributed by atoms with Gasteiger partial charge in [0.15, 0.2) is 5.78 Å². The lowest BCUT2D eigenvalue weighted by molar-refractivity contribution is -0.117. The lowest BCUT2D eigenvalue weighted by Crippen LogP contribution is -2.30. The molecule has 3 nitrogen and oxygen atoms in total. The second kappa shape index (κ2) is 6.50. The fourth-order valence-corrected chi connectivity index (χ4v) is 1.76. The number of nitrogens with one attached hydrogen (secondary N) is 1. The summed E-state index contributed by atoms with van der Waals surface area (Å²) in [5.74, 6) is -0.225. The summed E-state index contributed by atoms with van der Waals surface area (Å²) in [4.78, 5) is 23.5. The van der Waals surface area contributed by atoms with E-state index in [1.54, 1.807) is 24.3 Å². The number of amides is 1. The van der Waals surface area contributed by atoms with Crippen molar-refractivity contribution < 1.29 is 9.59 Å². The summed E-state index contributed by atoms with van der Waals surface area (Å²) < 4.78 is 0. The lowest BCUT2D eigenvalue weighted by atomic mass is 10.1. The zero-order chi connectivity index (χ0) is 13.5. The molecule has 0 atom stereocenters. The molecular formula is C16H15NO2. The number of benzene rings is 2. The topological polar surface area (TPSA) is 46.2 Å². The molecule has 0 unspecified atom stereocenters. The summed E-state index contributed by atoms with van der Waals surface area (Å²) in [6, 6.07) is 18.4. The zero-order valence-corrected chi connectivity index (χ0v) is 10.5. The minimum atomic E-state index is -0.220. The molecule has 0 heterocycles. The average molecular weight is 253 g/mol. The normalized spacial score (nSPS) is 9.89. The van der Waals surface area contributed by atoms with E-state index in [0.717, 1.165) is 5.56 Å². The maximum Gasteiger partial charge on any atom is 0.251 e. The van der Waals surface area contributed by atoms with Gasteiger partial charge in [0.05, 0.1) is 6.54 Å². The van der Waals surface area contributed by atoms with Crippen LogP contribution in [0.2, 0.25) is 0 Å². The van der Waals surface area contributed by atoms with E-state index in [2.05, 4.69) is 5.32 Å². The number of carbonyl (C=O) groups excluding carboxylic acids is 2. The largest absolute Gasteiger partial charge is 0.345 e. The Hall–Kier alpha value is -2.42. The molecule has 0 aliphatic heterocycles. The van der Waals surface area contributed by atoms with Crippen molar-refractivity contribution >= 4 is 11.7 Å². The third-order valence-corrected chi connectivity index (χ3v) is 2.73. The Morgan fingerprint density at radius 1 is 0.842 bits per heavy atom. The van der Waals surface area contributed by atoms with E-state index in [1.807, 2.05) is 36.4 Å². The van der Waals surface area contributed by atoms with Gasteiger partial charge in [-0.05, 0) is 17.7 Å². The van der Waals surface area contributed by atoms with Crippen LogP contribution in [-0.4, -0.2) is 18.2 Å². The Bertz CT molecular complexity index is 549. The van der Waals surface area contributed by atoms with E-state index >= 15 is 0 Å². The van der Waals surface area contributed by atoms with Gasteiger partial charge in [-0.3, -0.25) is 9.59 Å². The van der Waals surface area contributed by atoms with Crippen LogP contribution < -0.4 is 5.32 Å². The van der Waals surface area contributed by atoms with Gasteiger partial charge in [0.25, 0.3) is 5.91 Å². The van der Waals surface area contributed by atoms with Gasteiger partial charge in [0.1, 0.15) is 0 Å². The summed E-state index contributed by atoms with van der Waals surface area (Å²) >= 11 is 0. The second-order valence-corrected chi connectivity index (χ2v) is 4.25. The summed E-state index contributed by atoms with van der Waals surface area (Å²) in [5.41, 5.74) is 1.52. The standard InChI is InChI=1S/C16H15NO2/c18-15(11-13-7-3-1-4-8-13)12-17-16(19)14-9-5-2-6-10-14/h1-10H,11-12H2,(H,17,19). The van der Waals surface area contributed by atoms with Crippen molar-refractivity contribution in [2.45, 2.75) is 6.42 Å². The van der Waals surface area contributed by atoms with Crippen LogP contribution in [0.3, 0.4) is 0 Å². The van der Waals surface area contributed by atoms with Crippen LogP contribution in [0.5, 0.6) is 0 Å². The monoisotopic (exact) mass is 253 g/mol. The Labute approximate surface area is 112 Å². The predicted molar refractivity (Wildman–Crippen MR) is 73.9 cm³/mol. The molecule has 0 saturated heterocycles. The van der Waals surface area contributed by atoms with Crippen LogP contribution >= 0.6 is 0 Å². The number of Topliss-reactive ketones (excluding diaryl/α,β-unsaturated/α-hetero) is 1. The van der Waals surface area contributed by atoms with E-state index < -0.39 is 0 Å². The van der Waals surface area contributed by atoms with Crippen molar-refractivity contribution in [3.05, 3.63) is 71.8 Å². The maximum atomic E-state index is 11.7. The zero-order valence-electron chi connectivity index (χ0n) is 10.5. The molecular weight excluding hydrogens is 238 g/mol. The molecule has 2 rings (SSSR count). The van der Waals surface area contributed by atoms with E-state index in [-0.39, 0.29) is 18.2 Å². The highest BCUT2D eigenvalue weighted by Gasteiger charge is 2.07. The Morgan fingerprint density at radius 3 is 2.05 bits per heavy atom. The van der Waals surface area contributed by atoms with Crippen molar-refractivity contribution in [1.29, 1.82) is 0 Å². The van der Waals surface area contributed by atoms with Gasteiger partial charge in [0, 0.05) is 12.0 Å². The number of ketones is 1. The van der Waals surface area contributed by atoms with Crippen LogP contribution in [0.15, 0.2) is 60.7 Å². The van der Waals surface area contributed by atoms with Crippen LogP contribution in [0.25, 0.3) is 0 Å². The van der Waals surface area contributed by atoms with Crippen LogP contribution in [0.1, 0.15) is 15.9 Å². The molecule has 0 aliphatic rings.